The molecule has 3 fully saturated rings. The van der Waals surface area contributed by atoms with Crippen LogP contribution in [-0.4, -0.2) is 105 Å². The Morgan fingerprint density at radius 3 is 2.54 bits per heavy atom. The van der Waals surface area contributed by atoms with Crippen molar-refractivity contribution in [3.8, 4) is 0 Å². The molecule has 0 saturated carbocycles. The zero-order chi connectivity index (χ0) is 25.8. The predicted octanol–water partition coefficient (Wildman–Crippen LogP) is 1.89. The predicted molar refractivity (Wildman–Crippen MR) is 144 cm³/mol. The number of likely N-dealkylation sites (N-methyl/N-ethyl adjacent to an activating group) is 1. The van der Waals surface area contributed by atoms with Crippen molar-refractivity contribution in [2.24, 2.45) is 5.10 Å². The van der Waals surface area contributed by atoms with Gasteiger partial charge in [0, 0.05) is 69.1 Å². The molecule has 4 heterocycles. The van der Waals surface area contributed by atoms with E-state index in [0.717, 1.165) is 63.5 Å². The lowest BCUT2D eigenvalue weighted by atomic mass is 10.1. The molecule has 3 saturated heterocycles. The van der Waals surface area contributed by atoms with Gasteiger partial charge in [-0.25, -0.2) is 13.4 Å². The van der Waals surface area contributed by atoms with Crippen LogP contribution in [0.15, 0.2) is 40.5 Å². The van der Waals surface area contributed by atoms with Gasteiger partial charge in [0.05, 0.1) is 16.8 Å². The largest absolute Gasteiger partial charge is 0.380 e. The summed E-state index contributed by atoms with van der Waals surface area (Å²) in [7, 11) is -1.34. The Labute approximate surface area is 222 Å². The van der Waals surface area contributed by atoms with Gasteiger partial charge in [0.15, 0.2) is 20.7 Å². The number of hydrazone groups is 1. The minimum Gasteiger partial charge on any atom is -0.380 e. The molecular weight excluding hydrogens is 512 g/mol. The van der Waals surface area contributed by atoms with E-state index in [9.17, 15) is 13.2 Å². The van der Waals surface area contributed by atoms with Crippen LogP contribution in [0.25, 0.3) is 0 Å². The summed E-state index contributed by atoms with van der Waals surface area (Å²) in [5.41, 5.74) is 0.825. The third kappa shape index (κ3) is 6.37. The van der Waals surface area contributed by atoms with Gasteiger partial charge in [0.1, 0.15) is 0 Å². The van der Waals surface area contributed by atoms with Crippen LogP contribution in [0.2, 0.25) is 0 Å². The molecule has 0 aliphatic carbocycles. The number of thiazole rings is 1. The van der Waals surface area contributed by atoms with E-state index in [0.29, 0.717) is 23.7 Å². The average molecular weight is 547 g/mol. The molecule has 3 aliphatic heterocycles. The summed E-state index contributed by atoms with van der Waals surface area (Å²) in [5, 5.41) is 9.48. The van der Waals surface area contributed by atoms with Crippen LogP contribution < -0.4 is 5.32 Å². The first-order valence-electron chi connectivity index (χ1n) is 12.8. The minimum absolute atomic E-state index is 0.221. The third-order valence-corrected chi connectivity index (χ3v) is 10.1. The van der Waals surface area contributed by atoms with Crippen molar-refractivity contribution in [3.05, 3.63) is 40.9 Å². The van der Waals surface area contributed by atoms with E-state index >= 15 is 0 Å². The molecule has 200 valence electrons. The Morgan fingerprint density at radius 1 is 1.14 bits per heavy atom. The van der Waals surface area contributed by atoms with Gasteiger partial charge in [-0.3, -0.25) is 20.0 Å². The Bertz CT molecular complexity index is 1210. The van der Waals surface area contributed by atoms with Crippen LogP contribution >= 0.6 is 11.3 Å². The van der Waals surface area contributed by atoms with E-state index in [-0.39, 0.29) is 23.1 Å². The van der Waals surface area contributed by atoms with Crippen molar-refractivity contribution in [3.63, 3.8) is 0 Å². The number of rotatable bonds is 8. The first kappa shape index (κ1) is 26.2. The fraction of sp³-hybridized carbons (Fsp3) is 0.560. The maximum Gasteiger partial charge on any atom is 0.278 e. The summed E-state index contributed by atoms with van der Waals surface area (Å²) in [6.45, 7) is 7.21. The first-order chi connectivity index (χ1) is 17.9. The second-order valence-electron chi connectivity index (χ2n) is 9.83. The number of carbonyl (C=O) groups excluding carboxylic acids is 1. The van der Waals surface area contributed by atoms with Crippen molar-refractivity contribution in [1.82, 2.24) is 19.8 Å². The lowest BCUT2D eigenvalue weighted by molar-refractivity contribution is -0.110. The Hall–Kier alpha value is -2.38. The van der Waals surface area contributed by atoms with Gasteiger partial charge in [0.25, 0.3) is 5.91 Å². The van der Waals surface area contributed by atoms with E-state index in [4.69, 9.17) is 4.74 Å². The van der Waals surface area contributed by atoms with Gasteiger partial charge >= 0.3 is 0 Å². The first-order valence-corrected chi connectivity index (χ1v) is 15.2. The fourth-order valence-corrected chi connectivity index (χ4v) is 7.18. The summed E-state index contributed by atoms with van der Waals surface area (Å²) < 4.78 is 31.1. The number of carbonyl (C=O) groups is 1. The van der Waals surface area contributed by atoms with Crippen molar-refractivity contribution < 1.29 is 17.9 Å². The topological polar surface area (TPSA) is 107 Å². The Kier molecular flexibility index (Phi) is 8.20. The number of nitrogens with zero attached hydrogens (tertiary/aromatic N) is 5. The quantitative estimate of drug-likeness (QED) is 0.501. The smallest absolute Gasteiger partial charge is 0.278 e. The van der Waals surface area contributed by atoms with Gasteiger partial charge in [-0.1, -0.05) is 12.1 Å². The second-order valence-corrected chi connectivity index (χ2v) is 13.2. The molecule has 12 heteroatoms. The van der Waals surface area contributed by atoms with Gasteiger partial charge in [-0.05, 0) is 38.4 Å². The van der Waals surface area contributed by atoms with Gasteiger partial charge < -0.3 is 9.64 Å². The van der Waals surface area contributed by atoms with Gasteiger partial charge in [0.2, 0.25) is 0 Å². The third-order valence-electron chi connectivity index (χ3n) is 7.07. The lowest BCUT2D eigenvalue weighted by Gasteiger charge is -2.31. The molecule has 0 unspecified atom stereocenters. The number of nitrogens with one attached hydrogen (secondary N) is 1. The van der Waals surface area contributed by atoms with Gasteiger partial charge in [-0.15, -0.1) is 11.3 Å². The molecule has 1 atom stereocenters. The zero-order valence-electron chi connectivity index (χ0n) is 21.1. The molecule has 1 amide bonds. The standard InChI is InChI=1S/C25H34N6O4S2/c1-29-11-13-30(14-12-29)17-20-16-26-25(36-20)27-24(32)23(28-31-9-2-3-10-31)19-4-6-21(7-5-19)37(33,34)22-8-15-35-18-22/h4-7,16,22H,2-3,8-15,17-18H2,1H3,(H,26,27,32)/b28-23+/t22-/m0/s1. The molecule has 0 spiro atoms. The molecule has 0 bridgehead atoms. The number of sulfone groups is 1. The lowest BCUT2D eigenvalue weighted by Crippen LogP contribution is -2.43. The van der Waals surface area contributed by atoms with Gasteiger partial charge in [-0.2, -0.15) is 5.10 Å². The number of hydrogen-bond donors (Lipinski definition) is 1. The summed E-state index contributed by atoms with van der Waals surface area (Å²) in [4.78, 5) is 23.9. The maximum atomic E-state index is 13.4. The molecule has 1 aromatic carbocycles. The highest BCUT2D eigenvalue weighted by atomic mass is 32.2. The van der Waals surface area contributed by atoms with Crippen LogP contribution in [0.5, 0.6) is 0 Å². The SMILES string of the molecule is CN1CCN(Cc2cnc(NC(=O)/C(=N/N3CCCC3)c3ccc(S(=O)(=O)[C@H]4CCOC4)cc3)s2)CC1. The Morgan fingerprint density at radius 2 is 1.86 bits per heavy atom. The molecule has 2 aromatic rings. The van der Waals surface area contributed by atoms with Crippen LogP contribution in [0.3, 0.4) is 0 Å². The molecule has 5 rings (SSSR count). The number of aromatic nitrogens is 1. The van der Waals surface area contributed by atoms with E-state index < -0.39 is 15.1 Å². The van der Waals surface area contributed by atoms with Crippen LogP contribution in [0.1, 0.15) is 29.7 Å². The number of benzene rings is 1. The number of ether oxygens (including phenoxy) is 1. The molecule has 1 N–H and O–H groups in total. The van der Waals surface area contributed by atoms with E-state index in [1.165, 1.54) is 11.3 Å². The monoisotopic (exact) mass is 546 g/mol. The summed E-state index contributed by atoms with van der Waals surface area (Å²) in [6.07, 6.45) is 4.38. The number of hydrogen-bond acceptors (Lipinski definition) is 10. The molecular formula is C25H34N6O4S2. The number of piperazine rings is 1. The van der Waals surface area contributed by atoms with E-state index in [1.54, 1.807) is 24.3 Å². The zero-order valence-corrected chi connectivity index (χ0v) is 22.8. The molecule has 0 radical (unpaired) electrons. The summed E-state index contributed by atoms with van der Waals surface area (Å²) in [5.74, 6) is -0.354. The number of anilines is 1. The van der Waals surface area contributed by atoms with Crippen molar-refractivity contribution in [1.29, 1.82) is 0 Å². The number of amides is 1. The average Bonchev–Trinajstić information content (AvgIpc) is 3.68. The maximum absolute atomic E-state index is 13.4. The van der Waals surface area contributed by atoms with Crippen molar-refractivity contribution in [2.45, 2.75) is 36.0 Å². The van der Waals surface area contributed by atoms with Crippen LogP contribution in [-0.2, 0) is 25.9 Å². The van der Waals surface area contributed by atoms with Crippen LogP contribution in [0, 0.1) is 0 Å². The van der Waals surface area contributed by atoms with Crippen LogP contribution in [0.4, 0.5) is 5.13 Å². The molecule has 1 aromatic heterocycles. The molecule has 3 aliphatic rings. The summed E-state index contributed by atoms with van der Waals surface area (Å²) >= 11 is 1.47. The van der Waals surface area contributed by atoms with E-state index in [1.807, 2.05) is 11.2 Å². The highest BCUT2D eigenvalue weighted by molar-refractivity contribution is 7.92. The highest BCUT2D eigenvalue weighted by Crippen LogP contribution is 2.24. The second kappa shape index (κ2) is 11.6. The fourth-order valence-electron chi connectivity index (χ4n) is 4.75. The Balaban J connectivity index is 1.30. The van der Waals surface area contributed by atoms with Crippen molar-refractivity contribution >= 4 is 37.9 Å². The van der Waals surface area contributed by atoms with E-state index in [2.05, 4.69) is 32.2 Å². The molecule has 37 heavy (non-hydrogen) atoms. The minimum atomic E-state index is -3.48. The highest BCUT2D eigenvalue weighted by Gasteiger charge is 2.31. The normalized spacial score (nSPS) is 22.0. The van der Waals surface area contributed by atoms with Crippen molar-refractivity contribution in [2.75, 3.05) is 64.8 Å². The molecule has 10 nitrogen and oxygen atoms in total. The summed E-state index contributed by atoms with van der Waals surface area (Å²) in [6, 6.07) is 6.45.